The van der Waals surface area contributed by atoms with Crippen molar-refractivity contribution in [3.05, 3.63) is 199 Å². The maximum Gasteiger partial charge on any atom is 0.302 e. The van der Waals surface area contributed by atoms with E-state index in [-0.39, 0.29) is 70.6 Å². The molecule has 0 saturated carbocycles. The maximum atomic E-state index is 13.0. The standard InChI is InChI=1S/2C20H22O3.2C11H13NO6/c2*1-14(2)10-19(20(21)15-8-6-5-7-9-15)16-11-17(22-3)13-18(12-16)23-4;2*1-7(13)18-6-8-4-10(16-2)11(17-3)5-9(8)12(14)15/h2*5-9,11-13,19H,1,10H2,2-4H3;2*4-5H,6H2,1-3H3. The maximum absolute atomic E-state index is 13.0. The van der Waals surface area contributed by atoms with E-state index in [4.69, 9.17) is 47.4 Å². The van der Waals surface area contributed by atoms with Gasteiger partial charge in [0.25, 0.3) is 11.4 Å². The summed E-state index contributed by atoms with van der Waals surface area (Å²) in [4.78, 5) is 68.0. The summed E-state index contributed by atoms with van der Waals surface area (Å²) in [6, 6.07) is 35.1. The summed E-state index contributed by atoms with van der Waals surface area (Å²) in [6.07, 6.45) is 1.17. The summed E-state index contributed by atoms with van der Waals surface area (Å²) < 4.78 is 50.8. The Kier molecular flexibility index (Phi) is 27.3. The summed E-state index contributed by atoms with van der Waals surface area (Å²) in [7, 11) is 12.0. The Labute approximate surface area is 477 Å². The minimum atomic E-state index is -0.569. The van der Waals surface area contributed by atoms with Crippen LogP contribution in [0.4, 0.5) is 11.4 Å². The number of methoxy groups -OCH3 is 8. The average molecular weight is 1130 g/mol. The topological polar surface area (TPSA) is 247 Å². The molecule has 0 aliphatic carbocycles. The monoisotopic (exact) mass is 1130 g/mol. The molecule has 0 aliphatic rings. The summed E-state index contributed by atoms with van der Waals surface area (Å²) in [5.41, 5.74) is 5.17. The van der Waals surface area contributed by atoms with Crippen LogP contribution in [0.2, 0.25) is 0 Å². The lowest BCUT2D eigenvalue weighted by Crippen LogP contribution is -2.14. The highest BCUT2D eigenvalue weighted by Gasteiger charge is 2.26. The van der Waals surface area contributed by atoms with E-state index in [0.29, 0.717) is 58.5 Å². The van der Waals surface area contributed by atoms with Gasteiger partial charge in [-0.2, -0.15) is 0 Å². The van der Waals surface area contributed by atoms with Crippen molar-refractivity contribution in [2.24, 2.45) is 0 Å². The first kappa shape index (κ1) is 66.6. The number of carbonyl (C=O) groups excluding carboxylic acids is 4. The molecule has 0 aromatic heterocycles. The van der Waals surface area contributed by atoms with Crippen molar-refractivity contribution in [1.82, 2.24) is 0 Å². The Morgan fingerprint density at radius 1 is 0.427 bits per heavy atom. The van der Waals surface area contributed by atoms with Crippen LogP contribution in [0.25, 0.3) is 0 Å². The zero-order chi connectivity index (χ0) is 61.1. The molecule has 0 heterocycles. The number of benzene rings is 6. The molecule has 6 aromatic carbocycles. The molecule has 0 fully saturated rings. The second-order valence-corrected chi connectivity index (χ2v) is 17.9. The van der Waals surface area contributed by atoms with Crippen LogP contribution in [0.15, 0.2) is 146 Å². The first-order valence-corrected chi connectivity index (χ1v) is 25.1. The van der Waals surface area contributed by atoms with E-state index >= 15 is 0 Å². The van der Waals surface area contributed by atoms with Crippen LogP contribution >= 0.6 is 0 Å². The van der Waals surface area contributed by atoms with E-state index in [9.17, 15) is 39.4 Å². The fraction of sp³-hybridized carbons (Fsp3) is 0.290. The number of nitro benzene ring substituents is 2. The smallest absolute Gasteiger partial charge is 0.302 e. The minimum absolute atomic E-state index is 0.0731. The highest BCUT2D eigenvalue weighted by atomic mass is 16.6. The molecular formula is C62H70N2O18. The number of nitrogens with zero attached hydrogens (tertiary/aromatic N) is 2. The van der Waals surface area contributed by atoms with E-state index in [0.717, 1.165) is 22.3 Å². The average Bonchev–Trinajstić information content (AvgIpc) is 3.63. The molecule has 6 rings (SSSR count). The van der Waals surface area contributed by atoms with Gasteiger partial charge in [0.2, 0.25) is 0 Å². The third-order valence-corrected chi connectivity index (χ3v) is 11.8. The SMILES string of the molecule is C=C(C)CC(C(=O)c1ccccc1)c1cc(OC)cc(OC)c1.C=C(C)CC(C(=O)c1ccccc1)c1cc(OC)cc(OC)c1.COc1cc(COC(C)=O)c([N+](=O)[O-])cc1OC.COc1cc(COC(C)=O)c([N+](=O)[O-])cc1OC. The van der Waals surface area contributed by atoms with Gasteiger partial charge in [-0.05, 0) is 74.2 Å². The van der Waals surface area contributed by atoms with Gasteiger partial charge in [-0.3, -0.25) is 39.4 Å². The van der Waals surface area contributed by atoms with Gasteiger partial charge in [0, 0.05) is 37.1 Å². The van der Waals surface area contributed by atoms with Crippen LogP contribution in [0.3, 0.4) is 0 Å². The van der Waals surface area contributed by atoms with Crippen molar-refractivity contribution in [2.75, 3.05) is 56.9 Å². The van der Waals surface area contributed by atoms with Gasteiger partial charge in [0.1, 0.15) is 36.2 Å². The summed E-state index contributed by atoms with van der Waals surface area (Å²) in [5, 5.41) is 21.8. The number of hydrogen-bond acceptors (Lipinski definition) is 18. The fourth-order valence-electron chi connectivity index (χ4n) is 7.84. The minimum Gasteiger partial charge on any atom is -0.497 e. The van der Waals surface area contributed by atoms with Crippen molar-refractivity contribution in [2.45, 2.75) is 65.6 Å². The first-order valence-electron chi connectivity index (χ1n) is 25.1. The van der Waals surface area contributed by atoms with Gasteiger partial charge in [-0.1, -0.05) is 71.8 Å². The molecule has 6 aromatic rings. The third kappa shape index (κ3) is 20.5. The Morgan fingerprint density at radius 3 is 0.939 bits per heavy atom. The highest BCUT2D eigenvalue weighted by Crippen LogP contribution is 2.38. The largest absolute Gasteiger partial charge is 0.497 e. The van der Waals surface area contributed by atoms with Crippen LogP contribution in [-0.4, -0.2) is 90.2 Å². The lowest BCUT2D eigenvalue weighted by molar-refractivity contribution is -0.386. The summed E-state index contributed by atoms with van der Waals surface area (Å²) in [5.74, 6) is 2.36. The molecule has 82 heavy (non-hydrogen) atoms. The predicted octanol–water partition coefficient (Wildman–Crippen LogP) is 12.6. The van der Waals surface area contributed by atoms with Gasteiger partial charge >= 0.3 is 11.9 Å². The van der Waals surface area contributed by atoms with E-state index in [1.54, 1.807) is 40.6 Å². The number of carbonyl (C=O) groups is 4. The summed E-state index contributed by atoms with van der Waals surface area (Å²) in [6.45, 7) is 13.9. The lowest BCUT2D eigenvalue weighted by atomic mass is 9.86. The second-order valence-electron chi connectivity index (χ2n) is 17.9. The van der Waals surface area contributed by atoms with Crippen LogP contribution in [0.5, 0.6) is 46.0 Å². The number of hydrogen-bond donors (Lipinski definition) is 0. The molecular weight excluding hydrogens is 1060 g/mol. The van der Waals surface area contributed by atoms with Crippen molar-refractivity contribution in [3.63, 3.8) is 0 Å². The lowest BCUT2D eigenvalue weighted by Gasteiger charge is -2.18. The van der Waals surface area contributed by atoms with Gasteiger partial charge in [0.15, 0.2) is 34.6 Å². The number of ether oxygens (including phenoxy) is 10. The number of rotatable bonds is 24. The molecule has 436 valence electrons. The van der Waals surface area contributed by atoms with Crippen molar-refractivity contribution >= 4 is 34.9 Å². The van der Waals surface area contributed by atoms with Crippen molar-refractivity contribution in [1.29, 1.82) is 0 Å². The van der Waals surface area contributed by atoms with Gasteiger partial charge in [-0.15, -0.1) is 13.2 Å². The highest BCUT2D eigenvalue weighted by molar-refractivity contribution is 6.02. The van der Waals surface area contributed by atoms with E-state index in [1.807, 2.05) is 98.8 Å². The summed E-state index contributed by atoms with van der Waals surface area (Å²) >= 11 is 0. The first-order chi connectivity index (χ1) is 39.1. The number of allylic oxidation sites excluding steroid dienone is 2. The van der Waals surface area contributed by atoms with Gasteiger partial charge < -0.3 is 47.4 Å². The van der Waals surface area contributed by atoms with Crippen LogP contribution < -0.4 is 37.9 Å². The Hall–Kier alpha value is -9.72. The molecule has 0 saturated heterocycles. The Bertz CT molecular complexity index is 2910. The van der Waals surface area contributed by atoms with Crippen LogP contribution in [0, 0.1) is 20.2 Å². The molecule has 0 amide bonds. The molecule has 0 N–H and O–H groups in total. The fourth-order valence-corrected chi connectivity index (χ4v) is 7.84. The van der Waals surface area contributed by atoms with Crippen molar-refractivity contribution < 1.29 is 76.4 Å². The van der Waals surface area contributed by atoms with E-state index < -0.39 is 21.8 Å². The molecule has 20 heteroatoms. The molecule has 0 bridgehead atoms. The van der Waals surface area contributed by atoms with Crippen molar-refractivity contribution in [3.8, 4) is 46.0 Å². The van der Waals surface area contributed by atoms with E-state index in [2.05, 4.69) is 13.2 Å². The van der Waals surface area contributed by atoms with Crippen LogP contribution in [-0.2, 0) is 32.3 Å². The molecule has 20 nitrogen and oxygen atoms in total. The molecule has 0 aliphatic heterocycles. The number of nitro groups is 2. The van der Waals surface area contributed by atoms with E-state index in [1.165, 1.54) is 66.6 Å². The normalized spacial score (nSPS) is 10.8. The molecule has 2 atom stereocenters. The number of Topliss-reactive ketones (excluding diaryl/α,β-unsaturated/α-hetero) is 2. The molecule has 2 unspecified atom stereocenters. The van der Waals surface area contributed by atoms with Crippen LogP contribution in [0.1, 0.15) is 95.3 Å². The molecule has 0 radical (unpaired) electrons. The Balaban J connectivity index is 0.000000289. The Morgan fingerprint density at radius 2 is 0.707 bits per heavy atom. The molecule has 0 spiro atoms. The zero-order valence-corrected chi connectivity index (χ0v) is 48.2. The zero-order valence-electron chi connectivity index (χ0n) is 48.2. The quantitative estimate of drug-likeness (QED) is 0.0180. The second kappa shape index (κ2) is 33.7. The number of ketones is 2. The third-order valence-electron chi connectivity index (χ3n) is 11.8. The number of esters is 2. The van der Waals surface area contributed by atoms with Gasteiger partial charge in [-0.25, -0.2) is 0 Å². The van der Waals surface area contributed by atoms with Gasteiger partial charge in [0.05, 0.1) is 102 Å². The predicted molar refractivity (Wildman–Crippen MR) is 308 cm³/mol.